The molecule has 2 N–H and O–H groups in total. The first-order chi connectivity index (χ1) is 11.0. The van der Waals surface area contributed by atoms with Gasteiger partial charge in [0.05, 0.1) is 15.6 Å². The number of anilines is 1. The molecule has 118 valence electrons. The van der Waals surface area contributed by atoms with Gasteiger partial charge >= 0.3 is 11.8 Å². The Morgan fingerprint density at radius 1 is 1.09 bits per heavy atom. The lowest BCUT2D eigenvalue weighted by Crippen LogP contribution is -2.35. The molecule has 0 saturated carbocycles. The van der Waals surface area contributed by atoms with Gasteiger partial charge in [-0.25, -0.2) is 0 Å². The number of carbonyl (C=O) groups is 2. The third-order valence-electron chi connectivity index (χ3n) is 2.91. The Balaban J connectivity index is 1.99. The second kappa shape index (κ2) is 7.37. The average molecular weight is 334 g/mol. The lowest BCUT2D eigenvalue weighted by molar-refractivity contribution is -0.384. The zero-order valence-corrected chi connectivity index (χ0v) is 12.5. The minimum atomic E-state index is -0.955. The summed E-state index contributed by atoms with van der Waals surface area (Å²) in [6.07, 6.45) is 0. The SMILES string of the molecule is O=C(NCc1ccccc1)C(=O)Nc1cc([N+](=O)[O-])ccc1Cl. The van der Waals surface area contributed by atoms with E-state index >= 15 is 0 Å². The van der Waals surface area contributed by atoms with Crippen LogP contribution >= 0.6 is 11.6 Å². The van der Waals surface area contributed by atoms with E-state index < -0.39 is 16.7 Å². The Labute approximate surface area is 136 Å². The Morgan fingerprint density at radius 3 is 2.43 bits per heavy atom. The number of non-ortho nitro benzene ring substituents is 1. The van der Waals surface area contributed by atoms with Crippen LogP contribution < -0.4 is 10.6 Å². The highest BCUT2D eigenvalue weighted by molar-refractivity contribution is 6.41. The molecule has 2 rings (SSSR count). The molecule has 8 heteroatoms. The molecular formula is C15H12ClN3O4. The third-order valence-corrected chi connectivity index (χ3v) is 3.24. The molecular weight excluding hydrogens is 322 g/mol. The average Bonchev–Trinajstić information content (AvgIpc) is 2.55. The van der Waals surface area contributed by atoms with E-state index in [-0.39, 0.29) is 22.9 Å². The fourth-order valence-corrected chi connectivity index (χ4v) is 1.92. The van der Waals surface area contributed by atoms with Crippen LogP contribution in [0.3, 0.4) is 0 Å². The van der Waals surface area contributed by atoms with Gasteiger partial charge in [-0.1, -0.05) is 41.9 Å². The molecule has 0 atom stereocenters. The smallest absolute Gasteiger partial charge is 0.313 e. The molecule has 0 bridgehead atoms. The predicted octanol–water partition coefficient (Wildman–Crippen LogP) is 2.50. The first kappa shape index (κ1) is 16.4. The second-order valence-electron chi connectivity index (χ2n) is 4.54. The minimum absolute atomic E-state index is 0.000674. The fourth-order valence-electron chi connectivity index (χ4n) is 1.76. The van der Waals surface area contributed by atoms with Gasteiger partial charge in [0.15, 0.2) is 0 Å². The van der Waals surface area contributed by atoms with E-state index in [1.54, 1.807) is 12.1 Å². The lowest BCUT2D eigenvalue weighted by atomic mass is 10.2. The Kier molecular flexibility index (Phi) is 5.27. The van der Waals surface area contributed by atoms with Crippen molar-refractivity contribution in [1.82, 2.24) is 5.32 Å². The number of nitrogens with one attached hydrogen (secondary N) is 2. The van der Waals surface area contributed by atoms with Gasteiger partial charge in [0.2, 0.25) is 0 Å². The van der Waals surface area contributed by atoms with Crippen molar-refractivity contribution < 1.29 is 14.5 Å². The summed E-state index contributed by atoms with van der Waals surface area (Å²) in [6, 6.07) is 12.6. The summed E-state index contributed by atoms with van der Waals surface area (Å²) < 4.78 is 0. The number of amides is 2. The van der Waals surface area contributed by atoms with Crippen LogP contribution in [0.4, 0.5) is 11.4 Å². The normalized spacial score (nSPS) is 9.96. The summed E-state index contributed by atoms with van der Waals surface area (Å²) >= 11 is 5.85. The molecule has 0 fully saturated rings. The summed E-state index contributed by atoms with van der Waals surface area (Å²) in [4.78, 5) is 33.7. The van der Waals surface area contributed by atoms with Gasteiger partial charge in [-0.05, 0) is 11.6 Å². The van der Waals surface area contributed by atoms with Crippen LogP contribution in [0.5, 0.6) is 0 Å². The van der Waals surface area contributed by atoms with Crippen molar-refractivity contribution >= 4 is 34.8 Å². The van der Waals surface area contributed by atoms with Crippen molar-refractivity contribution in [3.8, 4) is 0 Å². The lowest BCUT2D eigenvalue weighted by Gasteiger charge is -2.08. The minimum Gasteiger partial charge on any atom is -0.344 e. The second-order valence-corrected chi connectivity index (χ2v) is 4.95. The van der Waals surface area contributed by atoms with E-state index in [1.807, 2.05) is 18.2 Å². The van der Waals surface area contributed by atoms with Gasteiger partial charge in [-0.2, -0.15) is 0 Å². The highest BCUT2D eigenvalue weighted by Gasteiger charge is 2.17. The molecule has 0 spiro atoms. The number of carbonyl (C=O) groups excluding carboxylic acids is 2. The summed E-state index contributed by atoms with van der Waals surface area (Å²) in [5, 5.41) is 15.5. The number of benzene rings is 2. The quantitative estimate of drug-likeness (QED) is 0.510. The van der Waals surface area contributed by atoms with Crippen LogP contribution in [0, 0.1) is 10.1 Å². The summed E-state index contributed by atoms with van der Waals surface area (Å²) in [6.45, 7) is 0.190. The van der Waals surface area contributed by atoms with Gasteiger partial charge in [-0.15, -0.1) is 0 Å². The van der Waals surface area contributed by atoms with Crippen molar-refractivity contribution in [2.75, 3.05) is 5.32 Å². The third kappa shape index (κ3) is 4.52. The highest BCUT2D eigenvalue weighted by Crippen LogP contribution is 2.26. The van der Waals surface area contributed by atoms with E-state index in [1.165, 1.54) is 12.1 Å². The maximum atomic E-state index is 11.8. The van der Waals surface area contributed by atoms with E-state index in [9.17, 15) is 19.7 Å². The zero-order valence-electron chi connectivity index (χ0n) is 11.8. The molecule has 0 unspecified atom stereocenters. The molecule has 0 heterocycles. The van der Waals surface area contributed by atoms with Crippen molar-refractivity contribution in [3.63, 3.8) is 0 Å². The topological polar surface area (TPSA) is 101 Å². The molecule has 0 aliphatic carbocycles. The van der Waals surface area contributed by atoms with Gasteiger partial charge in [0.25, 0.3) is 5.69 Å². The van der Waals surface area contributed by atoms with Crippen molar-refractivity contribution in [2.45, 2.75) is 6.54 Å². The molecule has 7 nitrogen and oxygen atoms in total. The summed E-state index contributed by atoms with van der Waals surface area (Å²) in [5.41, 5.74) is 0.595. The van der Waals surface area contributed by atoms with Crippen LogP contribution in [-0.2, 0) is 16.1 Å². The zero-order chi connectivity index (χ0) is 16.8. The maximum Gasteiger partial charge on any atom is 0.313 e. The number of halogens is 1. The molecule has 2 aromatic carbocycles. The largest absolute Gasteiger partial charge is 0.344 e. The first-order valence-corrected chi connectivity index (χ1v) is 6.92. The number of nitro benzene ring substituents is 1. The van der Waals surface area contributed by atoms with Gasteiger partial charge in [-0.3, -0.25) is 19.7 Å². The molecule has 0 saturated heterocycles. The fraction of sp³-hybridized carbons (Fsp3) is 0.0667. The van der Waals surface area contributed by atoms with Crippen molar-refractivity contribution in [1.29, 1.82) is 0 Å². The van der Waals surface area contributed by atoms with Crippen LogP contribution in [0.1, 0.15) is 5.56 Å². The molecule has 0 radical (unpaired) electrons. The molecule has 2 aromatic rings. The van der Waals surface area contributed by atoms with Crippen LogP contribution in [-0.4, -0.2) is 16.7 Å². The van der Waals surface area contributed by atoms with Gasteiger partial charge in [0, 0.05) is 18.7 Å². The first-order valence-electron chi connectivity index (χ1n) is 6.54. The van der Waals surface area contributed by atoms with Crippen molar-refractivity contribution in [2.24, 2.45) is 0 Å². The molecule has 0 aliphatic heterocycles. The molecule has 0 aromatic heterocycles. The molecule has 23 heavy (non-hydrogen) atoms. The van der Waals surface area contributed by atoms with E-state index in [2.05, 4.69) is 10.6 Å². The Bertz CT molecular complexity index is 750. The van der Waals surface area contributed by atoms with Crippen LogP contribution in [0.2, 0.25) is 5.02 Å². The highest BCUT2D eigenvalue weighted by atomic mass is 35.5. The summed E-state index contributed by atoms with van der Waals surface area (Å²) in [7, 11) is 0. The predicted molar refractivity (Wildman–Crippen MR) is 85.0 cm³/mol. The standard InChI is InChI=1S/C15H12ClN3O4/c16-12-7-6-11(19(22)23)8-13(12)18-15(21)14(20)17-9-10-4-2-1-3-5-10/h1-8H,9H2,(H,17,20)(H,18,21). The molecule has 2 amide bonds. The maximum absolute atomic E-state index is 11.8. The van der Waals surface area contributed by atoms with E-state index in [0.29, 0.717) is 0 Å². The number of nitrogens with zero attached hydrogens (tertiary/aromatic N) is 1. The van der Waals surface area contributed by atoms with E-state index in [0.717, 1.165) is 11.6 Å². The Hall–Kier alpha value is -2.93. The van der Waals surface area contributed by atoms with Crippen LogP contribution in [0.25, 0.3) is 0 Å². The number of hydrogen-bond donors (Lipinski definition) is 2. The number of nitro groups is 1. The Morgan fingerprint density at radius 2 is 1.78 bits per heavy atom. The van der Waals surface area contributed by atoms with Crippen molar-refractivity contribution in [3.05, 3.63) is 69.2 Å². The van der Waals surface area contributed by atoms with E-state index in [4.69, 9.17) is 11.6 Å². The number of rotatable bonds is 4. The summed E-state index contributed by atoms with van der Waals surface area (Å²) in [5.74, 6) is -1.82. The van der Waals surface area contributed by atoms with Gasteiger partial charge in [0.1, 0.15) is 0 Å². The monoisotopic (exact) mass is 333 g/mol. The van der Waals surface area contributed by atoms with Gasteiger partial charge < -0.3 is 10.6 Å². The molecule has 0 aliphatic rings. The number of hydrogen-bond acceptors (Lipinski definition) is 4. The van der Waals surface area contributed by atoms with Crippen LogP contribution in [0.15, 0.2) is 48.5 Å².